The lowest BCUT2D eigenvalue weighted by molar-refractivity contribution is 0.326. The lowest BCUT2D eigenvalue weighted by Gasteiger charge is -2.15. The van der Waals surface area contributed by atoms with Gasteiger partial charge in [-0.05, 0) is 46.5 Å². The van der Waals surface area contributed by atoms with Crippen LogP contribution in [0.2, 0.25) is 5.15 Å². The number of aryl methyl sites for hydroxylation is 1. The standard InChI is InChI=1S/C17H21BrClN3O3S/c1-10(2)12-5-6-15(14(18)9-12)22-17-13(7-8-25-26(4,23)24)16(19)20-11(3)21-17/h5-6,9-10H,7-8H2,1-4H3,(H,20,21,22). The van der Waals surface area contributed by atoms with Gasteiger partial charge in [0.2, 0.25) is 0 Å². The minimum absolute atomic E-state index is 0.0346. The highest BCUT2D eigenvalue weighted by Crippen LogP contribution is 2.31. The second kappa shape index (κ2) is 8.65. The third kappa shape index (κ3) is 5.90. The zero-order valence-corrected chi connectivity index (χ0v) is 18.2. The minimum atomic E-state index is -3.52. The number of hydrogen-bond acceptors (Lipinski definition) is 6. The van der Waals surface area contributed by atoms with Crippen molar-refractivity contribution < 1.29 is 12.6 Å². The molecule has 2 rings (SSSR count). The van der Waals surface area contributed by atoms with Gasteiger partial charge in [-0.3, -0.25) is 4.18 Å². The maximum Gasteiger partial charge on any atom is 0.264 e. The van der Waals surface area contributed by atoms with Crippen LogP contribution in [0.5, 0.6) is 0 Å². The second-order valence-corrected chi connectivity index (χ2v) is 9.04. The summed E-state index contributed by atoms with van der Waals surface area (Å²) >= 11 is 9.82. The molecule has 0 bridgehead atoms. The third-order valence-corrected chi connectivity index (χ3v) is 5.19. The summed E-state index contributed by atoms with van der Waals surface area (Å²) in [6.45, 7) is 5.96. The molecule has 142 valence electrons. The monoisotopic (exact) mass is 461 g/mol. The number of nitrogens with zero attached hydrogens (tertiary/aromatic N) is 2. The number of rotatable bonds is 7. The first-order valence-corrected chi connectivity index (χ1v) is 11.0. The van der Waals surface area contributed by atoms with E-state index in [9.17, 15) is 8.42 Å². The van der Waals surface area contributed by atoms with Crippen LogP contribution in [-0.2, 0) is 20.7 Å². The van der Waals surface area contributed by atoms with E-state index in [1.165, 1.54) is 5.56 Å². The van der Waals surface area contributed by atoms with Crippen LogP contribution < -0.4 is 5.32 Å². The summed E-state index contributed by atoms with van der Waals surface area (Å²) in [5, 5.41) is 3.52. The molecule has 2 aromatic rings. The number of benzene rings is 1. The van der Waals surface area contributed by atoms with E-state index >= 15 is 0 Å². The fourth-order valence-electron chi connectivity index (χ4n) is 2.30. The highest BCUT2D eigenvalue weighted by atomic mass is 79.9. The van der Waals surface area contributed by atoms with Crippen molar-refractivity contribution in [1.82, 2.24) is 9.97 Å². The maximum atomic E-state index is 11.2. The summed E-state index contributed by atoms with van der Waals surface area (Å²) in [5.41, 5.74) is 2.63. The summed E-state index contributed by atoms with van der Waals surface area (Å²) < 4.78 is 28.0. The number of halogens is 2. The minimum Gasteiger partial charge on any atom is -0.339 e. The van der Waals surface area contributed by atoms with Crippen molar-refractivity contribution in [2.75, 3.05) is 18.2 Å². The van der Waals surface area contributed by atoms with Crippen molar-refractivity contribution in [3.8, 4) is 0 Å². The smallest absolute Gasteiger partial charge is 0.264 e. The topological polar surface area (TPSA) is 81.2 Å². The highest BCUT2D eigenvalue weighted by molar-refractivity contribution is 9.10. The van der Waals surface area contributed by atoms with E-state index in [1.807, 2.05) is 12.1 Å². The van der Waals surface area contributed by atoms with Crippen LogP contribution in [0.1, 0.15) is 36.7 Å². The van der Waals surface area contributed by atoms with Crippen molar-refractivity contribution in [2.24, 2.45) is 0 Å². The fourth-order valence-corrected chi connectivity index (χ4v) is 3.49. The average Bonchev–Trinajstić information content (AvgIpc) is 2.50. The zero-order chi connectivity index (χ0) is 19.5. The Balaban J connectivity index is 2.30. The SMILES string of the molecule is Cc1nc(Cl)c(CCOS(C)(=O)=O)c(Nc2ccc(C(C)C)cc2Br)n1. The van der Waals surface area contributed by atoms with Gasteiger partial charge in [0, 0.05) is 16.5 Å². The molecule has 0 unspecified atom stereocenters. The van der Waals surface area contributed by atoms with Gasteiger partial charge in [-0.15, -0.1) is 0 Å². The quantitative estimate of drug-likeness (QED) is 0.479. The van der Waals surface area contributed by atoms with Gasteiger partial charge in [0.15, 0.2) is 0 Å². The van der Waals surface area contributed by atoms with Crippen LogP contribution in [0.3, 0.4) is 0 Å². The maximum absolute atomic E-state index is 11.2. The first-order valence-electron chi connectivity index (χ1n) is 8.00. The molecule has 0 saturated heterocycles. The first kappa shape index (κ1) is 21.1. The second-order valence-electron chi connectivity index (χ2n) is 6.18. The summed E-state index contributed by atoms with van der Waals surface area (Å²) in [7, 11) is -3.52. The van der Waals surface area contributed by atoms with Crippen molar-refractivity contribution in [3.05, 3.63) is 44.8 Å². The summed E-state index contributed by atoms with van der Waals surface area (Å²) in [5.74, 6) is 1.46. The molecule has 0 atom stereocenters. The largest absolute Gasteiger partial charge is 0.339 e. The van der Waals surface area contributed by atoms with Crippen molar-refractivity contribution in [3.63, 3.8) is 0 Å². The van der Waals surface area contributed by atoms with Crippen LogP contribution in [0, 0.1) is 6.92 Å². The van der Waals surface area contributed by atoms with Gasteiger partial charge < -0.3 is 5.32 Å². The Kier molecular flexibility index (Phi) is 7.01. The predicted octanol–water partition coefficient (Wildman–Crippen LogP) is 4.59. The van der Waals surface area contributed by atoms with E-state index in [0.717, 1.165) is 16.4 Å². The Morgan fingerprint density at radius 1 is 1.31 bits per heavy atom. The van der Waals surface area contributed by atoms with E-state index in [1.54, 1.807) is 6.92 Å². The Hall–Kier alpha value is -1.22. The van der Waals surface area contributed by atoms with E-state index < -0.39 is 10.1 Å². The molecule has 0 aliphatic heterocycles. The highest BCUT2D eigenvalue weighted by Gasteiger charge is 2.15. The molecular weight excluding hydrogens is 442 g/mol. The Labute approximate surface area is 167 Å². The molecule has 1 heterocycles. The van der Waals surface area contributed by atoms with Crippen LogP contribution in [0.4, 0.5) is 11.5 Å². The molecule has 0 aliphatic carbocycles. The van der Waals surface area contributed by atoms with Gasteiger partial charge in [0.05, 0.1) is 18.6 Å². The summed E-state index contributed by atoms with van der Waals surface area (Å²) in [6, 6.07) is 6.05. The summed E-state index contributed by atoms with van der Waals surface area (Å²) in [6.07, 6.45) is 1.27. The van der Waals surface area contributed by atoms with Gasteiger partial charge in [-0.1, -0.05) is 31.5 Å². The Bertz CT molecular complexity index is 904. The third-order valence-electron chi connectivity index (χ3n) is 3.63. The molecule has 26 heavy (non-hydrogen) atoms. The van der Waals surface area contributed by atoms with Crippen LogP contribution in [0.25, 0.3) is 0 Å². The molecule has 1 aromatic heterocycles. The van der Waals surface area contributed by atoms with Crippen molar-refractivity contribution in [1.29, 1.82) is 0 Å². The van der Waals surface area contributed by atoms with E-state index in [2.05, 4.69) is 51.1 Å². The fraction of sp³-hybridized carbons (Fsp3) is 0.412. The molecule has 6 nitrogen and oxygen atoms in total. The van der Waals surface area contributed by atoms with Gasteiger partial charge in [0.25, 0.3) is 10.1 Å². The van der Waals surface area contributed by atoms with Gasteiger partial charge in [-0.2, -0.15) is 8.42 Å². The number of anilines is 2. The van der Waals surface area contributed by atoms with E-state index in [4.69, 9.17) is 15.8 Å². The first-order chi connectivity index (χ1) is 12.1. The number of nitrogens with one attached hydrogen (secondary N) is 1. The number of hydrogen-bond donors (Lipinski definition) is 1. The lowest BCUT2D eigenvalue weighted by Crippen LogP contribution is -2.10. The molecule has 1 aromatic carbocycles. The van der Waals surface area contributed by atoms with Gasteiger partial charge in [0.1, 0.15) is 16.8 Å². The van der Waals surface area contributed by atoms with Gasteiger partial charge in [-0.25, -0.2) is 9.97 Å². The molecule has 0 spiro atoms. The zero-order valence-electron chi connectivity index (χ0n) is 15.0. The van der Waals surface area contributed by atoms with Crippen LogP contribution in [-0.4, -0.2) is 31.2 Å². The molecule has 0 fully saturated rings. The molecule has 9 heteroatoms. The molecule has 0 saturated carbocycles. The molecule has 0 amide bonds. The Morgan fingerprint density at radius 2 is 2.00 bits per heavy atom. The van der Waals surface area contributed by atoms with Crippen LogP contribution >= 0.6 is 27.5 Å². The summed E-state index contributed by atoms with van der Waals surface area (Å²) in [4.78, 5) is 8.56. The normalized spacial score (nSPS) is 11.8. The molecule has 1 N–H and O–H groups in total. The predicted molar refractivity (Wildman–Crippen MR) is 108 cm³/mol. The van der Waals surface area contributed by atoms with Crippen molar-refractivity contribution >= 4 is 49.2 Å². The van der Waals surface area contributed by atoms with Gasteiger partial charge >= 0.3 is 0 Å². The average molecular weight is 463 g/mol. The lowest BCUT2D eigenvalue weighted by atomic mass is 10.0. The van der Waals surface area contributed by atoms with E-state index in [0.29, 0.717) is 23.1 Å². The van der Waals surface area contributed by atoms with E-state index in [-0.39, 0.29) is 18.2 Å². The molecule has 0 radical (unpaired) electrons. The van der Waals surface area contributed by atoms with Crippen molar-refractivity contribution in [2.45, 2.75) is 33.1 Å². The van der Waals surface area contributed by atoms with Crippen LogP contribution in [0.15, 0.2) is 22.7 Å². The molecular formula is C17H21BrClN3O3S. The number of aromatic nitrogens is 2. The Morgan fingerprint density at radius 3 is 2.58 bits per heavy atom. The molecule has 0 aliphatic rings.